The Morgan fingerprint density at radius 3 is 2.43 bits per heavy atom. The summed E-state index contributed by atoms with van der Waals surface area (Å²) in [4.78, 5) is 28.9. The Balaban J connectivity index is 1.53. The third-order valence-corrected chi connectivity index (χ3v) is 5.08. The molecule has 0 radical (unpaired) electrons. The second-order valence-corrected chi connectivity index (χ2v) is 6.53. The maximum absolute atomic E-state index is 12.6. The number of hydrogen-bond donors (Lipinski definition) is 1. The van der Waals surface area contributed by atoms with E-state index in [-0.39, 0.29) is 17.7 Å². The second-order valence-electron chi connectivity index (χ2n) is 6.53. The number of amides is 2. The van der Waals surface area contributed by atoms with Crippen LogP contribution < -0.4 is 5.32 Å². The van der Waals surface area contributed by atoms with E-state index in [0.29, 0.717) is 19.1 Å². The van der Waals surface area contributed by atoms with Crippen molar-refractivity contribution in [2.75, 3.05) is 33.2 Å². The monoisotopic (exact) mass is 315 g/mol. The molecule has 0 bridgehead atoms. The van der Waals surface area contributed by atoms with Crippen molar-refractivity contribution in [2.24, 2.45) is 5.92 Å². The van der Waals surface area contributed by atoms with Crippen LogP contribution in [0.25, 0.3) is 0 Å². The largest absolute Gasteiger partial charge is 0.341 e. The molecular formula is C18H25N3O2. The maximum Gasteiger partial charge on any atom is 0.253 e. The van der Waals surface area contributed by atoms with Crippen molar-refractivity contribution < 1.29 is 9.59 Å². The molecule has 3 rings (SSSR count). The Hall–Kier alpha value is -1.88. The minimum atomic E-state index is 0.0559. The summed E-state index contributed by atoms with van der Waals surface area (Å²) < 4.78 is 0. The zero-order chi connectivity index (χ0) is 16.2. The van der Waals surface area contributed by atoms with Crippen LogP contribution in [-0.2, 0) is 4.79 Å². The molecule has 124 valence electrons. The smallest absolute Gasteiger partial charge is 0.253 e. The molecule has 2 aliphatic heterocycles. The summed E-state index contributed by atoms with van der Waals surface area (Å²) in [5.41, 5.74) is 0.728. The lowest BCUT2D eigenvalue weighted by Crippen LogP contribution is -2.46. The van der Waals surface area contributed by atoms with Crippen LogP contribution in [0.5, 0.6) is 0 Å². The van der Waals surface area contributed by atoms with E-state index in [1.807, 2.05) is 47.2 Å². The van der Waals surface area contributed by atoms with Crippen molar-refractivity contribution >= 4 is 11.8 Å². The number of likely N-dealkylation sites (tertiary alicyclic amines) is 1. The normalized spacial score (nSPS) is 22.1. The fourth-order valence-corrected chi connectivity index (χ4v) is 3.53. The molecule has 1 unspecified atom stereocenters. The summed E-state index contributed by atoms with van der Waals surface area (Å²) in [6.45, 7) is 3.22. The van der Waals surface area contributed by atoms with Crippen LogP contribution in [0, 0.1) is 5.92 Å². The van der Waals surface area contributed by atoms with Gasteiger partial charge in [-0.05, 0) is 37.9 Å². The minimum absolute atomic E-state index is 0.0559. The minimum Gasteiger partial charge on any atom is -0.341 e. The zero-order valence-electron chi connectivity index (χ0n) is 13.7. The van der Waals surface area contributed by atoms with Gasteiger partial charge in [0.15, 0.2) is 0 Å². The van der Waals surface area contributed by atoms with Gasteiger partial charge in [-0.25, -0.2) is 0 Å². The van der Waals surface area contributed by atoms with Crippen molar-refractivity contribution in [3.8, 4) is 0 Å². The molecule has 2 amide bonds. The Labute approximate surface area is 137 Å². The first kappa shape index (κ1) is 16.0. The number of rotatable bonds is 3. The van der Waals surface area contributed by atoms with Gasteiger partial charge in [0.05, 0.1) is 0 Å². The number of hydrogen-bond acceptors (Lipinski definition) is 3. The predicted octanol–water partition coefficient (Wildman–Crippen LogP) is 1.36. The van der Waals surface area contributed by atoms with Crippen LogP contribution in [0.15, 0.2) is 30.3 Å². The van der Waals surface area contributed by atoms with E-state index in [1.165, 1.54) is 0 Å². The van der Waals surface area contributed by atoms with E-state index < -0.39 is 0 Å². The molecule has 5 nitrogen and oxygen atoms in total. The summed E-state index contributed by atoms with van der Waals surface area (Å²) >= 11 is 0. The van der Waals surface area contributed by atoms with Crippen LogP contribution >= 0.6 is 0 Å². The standard InChI is InChI=1S/C18H25N3O2/c1-20(16-7-10-19-13-16)17(22)15-8-11-21(12-9-15)18(23)14-5-3-2-4-6-14/h2-6,15-16,19H,7-13H2,1H3. The van der Waals surface area contributed by atoms with Gasteiger partial charge in [-0.15, -0.1) is 0 Å². The molecule has 23 heavy (non-hydrogen) atoms. The number of nitrogens with zero attached hydrogens (tertiary/aromatic N) is 2. The van der Waals surface area contributed by atoms with Gasteiger partial charge in [0, 0.05) is 44.2 Å². The highest BCUT2D eigenvalue weighted by Crippen LogP contribution is 2.22. The van der Waals surface area contributed by atoms with Crippen LogP contribution in [0.3, 0.4) is 0 Å². The van der Waals surface area contributed by atoms with Gasteiger partial charge in [-0.3, -0.25) is 9.59 Å². The van der Waals surface area contributed by atoms with Crippen LogP contribution in [0.1, 0.15) is 29.6 Å². The molecule has 1 aromatic rings. The number of benzene rings is 1. The number of carbonyl (C=O) groups is 2. The van der Waals surface area contributed by atoms with Crippen molar-refractivity contribution in [1.82, 2.24) is 15.1 Å². The molecule has 5 heteroatoms. The van der Waals surface area contributed by atoms with Crippen molar-refractivity contribution in [3.63, 3.8) is 0 Å². The van der Waals surface area contributed by atoms with E-state index in [2.05, 4.69) is 5.32 Å². The first-order valence-corrected chi connectivity index (χ1v) is 8.48. The lowest BCUT2D eigenvalue weighted by molar-refractivity contribution is -0.137. The zero-order valence-corrected chi connectivity index (χ0v) is 13.7. The molecule has 0 aromatic heterocycles. The predicted molar refractivity (Wildman–Crippen MR) is 89.1 cm³/mol. The third kappa shape index (κ3) is 3.55. The van der Waals surface area contributed by atoms with Crippen molar-refractivity contribution in [3.05, 3.63) is 35.9 Å². The molecule has 1 N–H and O–H groups in total. The number of carbonyl (C=O) groups excluding carboxylic acids is 2. The number of likely N-dealkylation sites (N-methyl/N-ethyl adjacent to an activating group) is 1. The Morgan fingerprint density at radius 1 is 1.13 bits per heavy atom. The fourth-order valence-electron chi connectivity index (χ4n) is 3.53. The summed E-state index contributed by atoms with van der Waals surface area (Å²) in [5, 5.41) is 3.30. The Kier molecular flexibility index (Phi) is 4.96. The van der Waals surface area contributed by atoms with Gasteiger partial charge in [0.1, 0.15) is 0 Å². The topological polar surface area (TPSA) is 52.7 Å². The van der Waals surface area contributed by atoms with Gasteiger partial charge in [-0.1, -0.05) is 18.2 Å². The van der Waals surface area contributed by atoms with Gasteiger partial charge in [0.2, 0.25) is 5.91 Å². The number of piperidine rings is 1. The molecule has 1 aromatic carbocycles. The molecule has 0 aliphatic carbocycles. The molecule has 1 atom stereocenters. The SMILES string of the molecule is CN(C(=O)C1CCN(C(=O)c2ccccc2)CC1)C1CCNC1. The van der Waals surface area contributed by atoms with Gasteiger partial charge in [0.25, 0.3) is 5.91 Å². The van der Waals surface area contributed by atoms with E-state index in [9.17, 15) is 9.59 Å². The lowest BCUT2D eigenvalue weighted by atomic mass is 9.94. The van der Waals surface area contributed by atoms with Crippen molar-refractivity contribution in [2.45, 2.75) is 25.3 Å². The van der Waals surface area contributed by atoms with E-state index in [4.69, 9.17) is 0 Å². The molecule has 0 saturated carbocycles. The Bertz CT molecular complexity index is 547. The highest BCUT2D eigenvalue weighted by atomic mass is 16.2. The molecule has 2 fully saturated rings. The molecule has 2 aliphatic rings. The molecule has 2 heterocycles. The van der Waals surface area contributed by atoms with Crippen LogP contribution in [0.2, 0.25) is 0 Å². The van der Waals surface area contributed by atoms with Crippen LogP contribution in [0.4, 0.5) is 0 Å². The highest BCUT2D eigenvalue weighted by Gasteiger charge is 2.32. The maximum atomic E-state index is 12.6. The summed E-state index contributed by atoms with van der Waals surface area (Å²) in [6, 6.07) is 9.70. The molecule has 0 spiro atoms. The van der Waals surface area contributed by atoms with E-state index >= 15 is 0 Å². The summed E-state index contributed by atoms with van der Waals surface area (Å²) in [5.74, 6) is 0.371. The summed E-state index contributed by atoms with van der Waals surface area (Å²) in [7, 11) is 1.92. The molecular weight excluding hydrogens is 290 g/mol. The van der Waals surface area contributed by atoms with Crippen LogP contribution in [-0.4, -0.2) is 60.9 Å². The summed E-state index contributed by atoms with van der Waals surface area (Å²) in [6.07, 6.45) is 2.57. The average Bonchev–Trinajstić information content (AvgIpc) is 3.15. The second kappa shape index (κ2) is 7.13. The van der Waals surface area contributed by atoms with Gasteiger partial charge in [-0.2, -0.15) is 0 Å². The quantitative estimate of drug-likeness (QED) is 0.916. The van der Waals surface area contributed by atoms with E-state index in [0.717, 1.165) is 37.9 Å². The first-order valence-electron chi connectivity index (χ1n) is 8.48. The number of nitrogens with one attached hydrogen (secondary N) is 1. The van der Waals surface area contributed by atoms with Crippen molar-refractivity contribution in [1.29, 1.82) is 0 Å². The van der Waals surface area contributed by atoms with E-state index in [1.54, 1.807) is 0 Å². The van der Waals surface area contributed by atoms with Gasteiger partial charge < -0.3 is 15.1 Å². The van der Waals surface area contributed by atoms with Gasteiger partial charge >= 0.3 is 0 Å². The average molecular weight is 315 g/mol. The lowest BCUT2D eigenvalue weighted by Gasteiger charge is -2.34. The fraction of sp³-hybridized carbons (Fsp3) is 0.556. The molecule has 2 saturated heterocycles. The Morgan fingerprint density at radius 2 is 1.83 bits per heavy atom. The highest BCUT2D eigenvalue weighted by molar-refractivity contribution is 5.94. The first-order chi connectivity index (χ1) is 11.2. The third-order valence-electron chi connectivity index (χ3n) is 5.08.